The zero-order chi connectivity index (χ0) is 9.84. The summed E-state index contributed by atoms with van der Waals surface area (Å²) in [5, 5.41) is 26.0. The van der Waals surface area contributed by atoms with Gasteiger partial charge in [-0.25, -0.2) is 9.68 Å². The maximum Gasteiger partial charge on any atom is 0.336 e. The van der Waals surface area contributed by atoms with Gasteiger partial charge in [0.2, 0.25) is 0 Å². The molecule has 0 spiro atoms. The van der Waals surface area contributed by atoms with Gasteiger partial charge in [-0.1, -0.05) is 6.07 Å². The van der Waals surface area contributed by atoms with E-state index in [4.69, 9.17) is 10.4 Å². The number of phenolic OH excluding ortho intramolecular Hbond substituents is 1. The van der Waals surface area contributed by atoms with Crippen molar-refractivity contribution in [2.24, 2.45) is 0 Å². The highest BCUT2D eigenvalue weighted by molar-refractivity contribution is 5.90. The second-order valence-corrected chi connectivity index (χ2v) is 2.38. The lowest BCUT2D eigenvalue weighted by Crippen LogP contribution is -2.03. The Hall–Kier alpha value is -1.59. The van der Waals surface area contributed by atoms with E-state index in [0.717, 1.165) is 0 Å². The number of hydrogen-bond donors (Lipinski definition) is 3. The molecule has 0 aliphatic heterocycles. The Bertz CT molecular complexity index is 320. The van der Waals surface area contributed by atoms with Crippen LogP contribution >= 0.6 is 0 Å². The van der Waals surface area contributed by atoms with Gasteiger partial charge < -0.3 is 10.2 Å². The lowest BCUT2D eigenvalue weighted by molar-refractivity contribution is -0.253. The summed E-state index contributed by atoms with van der Waals surface area (Å²) in [6.07, 6.45) is 0. The molecule has 0 aromatic heterocycles. The third-order valence-electron chi connectivity index (χ3n) is 1.59. The first-order valence-corrected chi connectivity index (χ1v) is 3.47. The summed E-state index contributed by atoms with van der Waals surface area (Å²) < 4.78 is 0. The van der Waals surface area contributed by atoms with Gasteiger partial charge in [-0.05, 0) is 12.1 Å². The molecule has 0 fully saturated rings. The molecule has 5 heteroatoms. The zero-order valence-electron chi connectivity index (χ0n) is 6.60. The van der Waals surface area contributed by atoms with Crippen molar-refractivity contribution in [3.05, 3.63) is 29.3 Å². The van der Waals surface area contributed by atoms with Gasteiger partial charge in [0.1, 0.15) is 12.4 Å². The van der Waals surface area contributed by atoms with Crippen LogP contribution < -0.4 is 0 Å². The highest BCUT2D eigenvalue weighted by atomic mass is 17.1. The van der Waals surface area contributed by atoms with Gasteiger partial charge in [-0.15, -0.1) is 0 Å². The summed E-state index contributed by atoms with van der Waals surface area (Å²) in [6, 6.07) is 4.04. The summed E-state index contributed by atoms with van der Waals surface area (Å²) in [7, 11) is 0. The first-order chi connectivity index (χ1) is 6.16. The summed E-state index contributed by atoms with van der Waals surface area (Å²) >= 11 is 0. The molecule has 3 N–H and O–H groups in total. The van der Waals surface area contributed by atoms with Gasteiger partial charge in [-0.2, -0.15) is 0 Å². The molecule has 0 bridgehead atoms. The normalized spacial score (nSPS) is 9.92. The Morgan fingerprint density at radius 3 is 2.69 bits per heavy atom. The van der Waals surface area contributed by atoms with Crippen molar-refractivity contribution < 1.29 is 25.2 Å². The highest BCUT2D eigenvalue weighted by Crippen LogP contribution is 2.21. The topological polar surface area (TPSA) is 87.0 Å². The van der Waals surface area contributed by atoms with Crippen molar-refractivity contribution in [1.29, 1.82) is 0 Å². The smallest absolute Gasteiger partial charge is 0.336 e. The van der Waals surface area contributed by atoms with E-state index in [9.17, 15) is 9.90 Å². The van der Waals surface area contributed by atoms with E-state index in [1.165, 1.54) is 18.2 Å². The van der Waals surface area contributed by atoms with E-state index in [1.54, 1.807) is 0 Å². The fourth-order valence-electron chi connectivity index (χ4n) is 0.991. The number of phenols is 1. The van der Waals surface area contributed by atoms with Crippen LogP contribution in [0, 0.1) is 0 Å². The van der Waals surface area contributed by atoms with E-state index >= 15 is 0 Å². The molecule has 1 aromatic carbocycles. The van der Waals surface area contributed by atoms with Crippen LogP contribution in [0.15, 0.2) is 18.2 Å². The first kappa shape index (κ1) is 9.50. The van der Waals surface area contributed by atoms with Crippen LogP contribution in [0.5, 0.6) is 5.75 Å². The Labute approximate surface area is 73.7 Å². The second kappa shape index (κ2) is 3.88. The molecule has 0 unspecified atom stereocenters. The van der Waals surface area contributed by atoms with E-state index in [-0.39, 0.29) is 23.5 Å². The van der Waals surface area contributed by atoms with Gasteiger partial charge in [0.25, 0.3) is 0 Å². The molecule has 13 heavy (non-hydrogen) atoms. The maximum atomic E-state index is 10.6. The quantitative estimate of drug-likeness (QED) is 0.483. The van der Waals surface area contributed by atoms with Crippen molar-refractivity contribution in [3.63, 3.8) is 0 Å². The molecule has 0 saturated heterocycles. The molecular weight excluding hydrogens is 176 g/mol. The second-order valence-electron chi connectivity index (χ2n) is 2.38. The minimum Gasteiger partial charge on any atom is -0.508 e. The van der Waals surface area contributed by atoms with Crippen molar-refractivity contribution >= 4 is 5.97 Å². The number of carbonyl (C=O) groups is 1. The van der Waals surface area contributed by atoms with Crippen LogP contribution in [0.2, 0.25) is 0 Å². The van der Waals surface area contributed by atoms with E-state index in [2.05, 4.69) is 4.89 Å². The lowest BCUT2D eigenvalue weighted by atomic mass is 10.1. The highest BCUT2D eigenvalue weighted by Gasteiger charge is 2.13. The minimum atomic E-state index is -1.18. The van der Waals surface area contributed by atoms with Crippen LogP contribution in [-0.2, 0) is 11.5 Å². The molecule has 0 radical (unpaired) electrons. The monoisotopic (exact) mass is 184 g/mol. The summed E-state index contributed by atoms with van der Waals surface area (Å²) in [5.41, 5.74) is -0.0356. The van der Waals surface area contributed by atoms with Crippen LogP contribution in [0.4, 0.5) is 0 Å². The van der Waals surface area contributed by atoms with E-state index in [0.29, 0.717) is 0 Å². The predicted molar refractivity (Wildman–Crippen MR) is 42.5 cm³/mol. The van der Waals surface area contributed by atoms with Crippen molar-refractivity contribution in [1.82, 2.24) is 0 Å². The van der Waals surface area contributed by atoms with Crippen molar-refractivity contribution in [2.75, 3.05) is 0 Å². The molecule has 0 aliphatic carbocycles. The Kier molecular flexibility index (Phi) is 2.84. The molecule has 70 valence electrons. The molecule has 5 nitrogen and oxygen atoms in total. The molecule has 1 rings (SSSR count). The average molecular weight is 184 g/mol. The first-order valence-electron chi connectivity index (χ1n) is 3.47. The minimum absolute atomic E-state index is 0.0532. The summed E-state index contributed by atoms with van der Waals surface area (Å²) in [5.74, 6) is -1.39. The fraction of sp³-hybridized carbons (Fsp3) is 0.125. The van der Waals surface area contributed by atoms with Crippen molar-refractivity contribution in [2.45, 2.75) is 6.61 Å². The Morgan fingerprint density at radius 1 is 1.46 bits per heavy atom. The number of carboxylic acid groups (broad SMARTS) is 1. The summed E-state index contributed by atoms with van der Waals surface area (Å²) in [6.45, 7) is -0.353. The number of hydrogen-bond acceptors (Lipinski definition) is 4. The molecule has 0 amide bonds. The van der Waals surface area contributed by atoms with Gasteiger partial charge in [-0.3, -0.25) is 5.26 Å². The lowest BCUT2D eigenvalue weighted by Gasteiger charge is -2.05. The average Bonchev–Trinajstić information content (AvgIpc) is 2.08. The molecule has 1 aromatic rings. The number of benzene rings is 1. The van der Waals surface area contributed by atoms with Crippen molar-refractivity contribution in [3.8, 4) is 5.75 Å². The Morgan fingerprint density at radius 2 is 2.15 bits per heavy atom. The third-order valence-corrected chi connectivity index (χ3v) is 1.59. The maximum absolute atomic E-state index is 10.6. The standard InChI is InChI=1S/C8H8O5/c9-7-3-1-2-5(8(10)11)6(7)4-13-12/h1-3,9,12H,4H2,(H,10,11). The summed E-state index contributed by atoms with van der Waals surface area (Å²) in [4.78, 5) is 14.4. The fourth-order valence-corrected chi connectivity index (χ4v) is 0.991. The molecule has 0 aliphatic rings. The van der Waals surface area contributed by atoms with E-state index < -0.39 is 5.97 Å². The van der Waals surface area contributed by atoms with Crippen LogP contribution in [0.3, 0.4) is 0 Å². The predicted octanol–water partition coefficient (Wildman–Crippen LogP) is 1.08. The number of rotatable bonds is 3. The Balaban J connectivity index is 3.17. The number of carboxylic acids is 1. The zero-order valence-corrected chi connectivity index (χ0v) is 6.60. The molecule has 0 saturated carbocycles. The van der Waals surface area contributed by atoms with Gasteiger partial charge in [0, 0.05) is 5.56 Å². The third kappa shape index (κ3) is 1.95. The van der Waals surface area contributed by atoms with Gasteiger partial charge in [0.15, 0.2) is 0 Å². The van der Waals surface area contributed by atoms with E-state index in [1.807, 2.05) is 0 Å². The van der Waals surface area contributed by atoms with Crippen LogP contribution in [0.25, 0.3) is 0 Å². The van der Waals surface area contributed by atoms with Crippen LogP contribution in [0.1, 0.15) is 15.9 Å². The number of aromatic carboxylic acids is 1. The van der Waals surface area contributed by atoms with Gasteiger partial charge >= 0.3 is 5.97 Å². The SMILES string of the molecule is O=C(O)c1cccc(O)c1COO. The largest absolute Gasteiger partial charge is 0.508 e. The van der Waals surface area contributed by atoms with Crippen LogP contribution in [-0.4, -0.2) is 21.4 Å². The number of aromatic hydroxyl groups is 1. The van der Waals surface area contributed by atoms with Gasteiger partial charge in [0.05, 0.1) is 5.56 Å². The molecular formula is C8H8O5. The molecule has 0 atom stereocenters. The molecule has 0 heterocycles.